The highest BCUT2D eigenvalue weighted by molar-refractivity contribution is 5.90. The van der Waals surface area contributed by atoms with Gasteiger partial charge in [0.1, 0.15) is 11.8 Å². The molecule has 0 spiro atoms. The predicted octanol–water partition coefficient (Wildman–Crippen LogP) is 3.77. The Bertz CT molecular complexity index is 967. The zero-order valence-electron chi connectivity index (χ0n) is 16.8. The highest BCUT2D eigenvalue weighted by atomic mass is 16.5. The third kappa shape index (κ3) is 5.13. The van der Waals surface area contributed by atoms with Crippen molar-refractivity contribution in [3.63, 3.8) is 0 Å². The number of carbonyl (C=O) groups is 2. The number of benzene rings is 3. The minimum absolute atomic E-state index is 0.134. The third-order valence-corrected chi connectivity index (χ3v) is 4.81. The molecule has 0 radical (unpaired) electrons. The van der Waals surface area contributed by atoms with E-state index < -0.39 is 6.04 Å². The molecule has 3 aromatic carbocycles. The normalized spacial score (nSPS) is 11.7. The summed E-state index contributed by atoms with van der Waals surface area (Å²) in [6.07, 6.45) is 0. The van der Waals surface area contributed by atoms with Crippen LogP contribution in [0.1, 0.15) is 19.4 Å². The van der Waals surface area contributed by atoms with E-state index in [0.717, 1.165) is 16.3 Å². The number of amides is 2. The largest absolute Gasteiger partial charge is 0.483 e. The van der Waals surface area contributed by atoms with Gasteiger partial charge in [0.05, 0.1) is 0 Å². The van der Waals surface area contributed by atoms with Crippen molar-refractivity contribution in [1.29, 1.82) is 0 Å². The maximum Gasteiger partial charge on any atom is 0.261 e. The van der Waals surface area contributed by atoms with Crippen molar-refractivity contribution in [2.45, 2.75) is 26.4 Å². The average Bonchev–Trinajstić information content (AvgIpc) is 2.76. The zero-order chi connectivity index (χ0) is 20.6. The molecule has 2 amide bonds. The molecule has 150 valence electrons. The van der Waals surface area contributed by atoms with Gasteiger partial charge in [-0.25, -0.2) is 0 Å². The van der Waals surface area contributed by atoms with Crippen molar-refractivity contribution in [2.75, 3.05) is 13.2 Å². The van der Waals surface area contributed by atoms with Gasteiger partial charge < -0.3 is 15.0 Å². The van der Waals surface area contributed by atoms with Gasteiger partial charge in [-0.15, -0.1) is 0 Å². The fourth-order valence-corrected chi connectivity index (χ4v) is 3.23. The van der Waals surface area contributed by atoms with Crippen molar-refractivity contribution in [2.24, 2.45) is 0 Å². The first-order valence-corrected chi connectivity index (χ1v) is 9.81. The second-order valence-corrected chi connectivity index (χ2v) is 6.84. The van der Waals surface area contributed by atoms with E-state index >= 15 is 0 Å². The summed E-state index contributed by atoms with van der Waals surface area (Å²) < 4.78 is 5.87. The smallest absolute Gasteiger partial charge is 0.261 e. The Morgan fingerprint density at radius 2 is 1.66 bits per heavy atom. The van der Waals surface area contributed by atoms with Crippen molar-refractivity contribution in [3.8, 4) is 5.75 Å². The summed E-state index contributed by atoms with van der Waals surface area (Å²) in [5.74, 6) is 0.240. The van der Waals surface area contributed by atoms with Gasteiger partial charge in [-0.3, -0.25) is 9.59 Å². The predicted molar refractivity (Wildman–Crippen MR) is 115 cm³/mol. The van der Waals surface area contributed by atoms with Crippen LogP contribution in [0.15, 0.2) is 72.8 Å². The molecular formula is C24H26N2O3. The topological polar surface area (TPSA) is 58.6 Å². The lowest BCUT2D eigenvalue weighted by molar-refractivity contribution is -0.142. The zero-order valence-corrected chi connectivity index (χ0v) is 16.8. The van der Waals surface area contributed by atoms with E-state index in [1.807, 2.05) is 79.7 Å². The summed E-state index contributed by atoms with van der Waals surface area (Å²) in [7, 11) is 0. The number of rotatable bonds is 8. The number of fused-ring (bicyclic) bond motifs is 1. The molecule has 0 aliphatic heterocycles. The summed E-state index contributed by atoms with van der Waals surface area (Å²) in [5, 5.41) is 4.79. The minimum atomic E-state index is -0.598. The molecule has 0 heterocycles. The summed E-state index contributed by atoms with van der Waals surface area (Å²) >= 11 is 0. The number of nitrogens with zero attached hydrogens (tertiary/aromatic N) is 1. The fourth-order valence-electron chi connectivity index (χ4n) is 3.23. The quantitative estimate of drug-likeness (QED) is 0.637. The first-order chi connectivity index (χ1) is 14.1. The van der Waals surface area contributed by atoms with Crippen LogP contribution in [0.2, 0.25) is 0 Å². The molecule has 0 unspecified atom stereocenters. The lowest BCUT2D eigenvalue weighted by Gasteiger charge is -2.28. The van der Waals surface area contributed by atoms with Gasteiger partial charge in [0, 0.05) is 18.5 Å². The Morgan fingerprint density at radius 1 is 0.966 bits per heavy atom. The highest BCUT2D eigenvalue weighted by Crippen LogP contribution is 2.25. The molecule has 0 aliphatic rings. The van der Waals surface area contributed by atoms with E-state index in [2.05, 4.69) is 5.32 Å². The van der Waals surface area contributed by atoms with Gasteiger partial charge in [-0.2, -0.15) is 0 Å². The van der Waals surface area contributed by atoms with Crippen molar-refractivity contribution in [1.82, 2.24) is 10.2 Å². The third-order valence-electron chi connectivity index (χ3n) is 4.81. The first kappa shape index (κ1) is 20.4. The van der Waals surface area contributed by atoms with Crippen LogP contribution in [0.25, 0.3) is 10.8 Å². The lowest BCUT2D eigenvalue weighted by atomic mass is 10.1. The average molecular weight is 390 g/mol. The molecule has 3 aromatic rings. The molecule has 5 nitrogen and oxygen atoms in total. The number of nitrogens with one attached hydrogen (secondary N) is 1. The van der Waals surface area contributed by atoms with Crippen LogP contribution < -0.4 is 10.1 Å². The maximum absolute atomic E-state index is 13.0. The standard InChI is InChI=1S/C24H26N2O3/c1-3-25-24(28)18(2)26(16-19-10-5-4-6-11-19)23(27)17-29-22-15-9-13-20-12-7-8-14-21(20)22/h4-15,18H,3,16-17H2,1-2H3,(H,25,28)/t18-/m0/s1. The van der Waals surface area contributed by atoms with Gasteiger partial charge in [-0.05, 0) is 30.9 Å². The van der Waals surface area contributed by atoms with Crippen LogP contribution in [0, 0.1) is 0 Å². The van der Waals surface area contributed by atoms with Gasteiger partial charge in [0.15, 0.2) is 6.61 Å². The van der Waals surface area contributed by atoms with Crippen LogP contribution in [0.3, 0.4) is 0 Å². The Kier molecular flexibility index (Phi) is 6.85. The Hall–Kier alpha value is -3.34. The van der Waals surface area contributed by atoms with Crippen LogP contribution in [-0.4, -0.2) is 35.9 Å². The molecule has 1 N–H and O–H groups in total. The molecule has 0 saturated heterocycles. The Labute approximate surface area is 171 Å². The second kappa shape index (κ2) is 9.73. The molecule has 5 heteroatoms. The summed E-state index contributed by atoms with van der Waals surface area (Å²) in [4.78, 5) is 27.0. The molecule has 1 atom stereocenters. The summed E-state index contributed by atoms with van der Waals surface area (Å²) in [6, 6.07) is 22.7. The van der Waals surface area contributed by atoms with E-state index in [9.17, 15) is 9.59 Å². The van der Waals surface area contributed by atoms with Crippen LogP contribution in [-0.2, 0) is 16.1 Å². The fraction of sp³-hybridized carbons (Fsp3) is 0.250. The molecule has 3 rings (SSSR count). The number of hydrogen-bond donors (Lipinski definition) is 1. The molecular weight excluding hydrogens is 364 g/mol. The molecule has 0 saturated carbocycles. The van der Waals surface area contributed by atoms with E-state index in [0.29, 0.717) is 18.8 Å². The Balaban J connectivity index is 1.77. The monoisotopic (exact) mass is 390 g/mol. The molecule has 0 bridgehead atoms. The number of ether oxygens (including phenoxy) is 1. The molecule has 0 fully saturated rings. The van der Waals surface area contributed by atoms with E-state index in [1.54, 1.807) is 11.8 Å². The van der Waals surface area contributed by atoms with Crippen LogP contribution in [0.5, 0.6) is 5.75 Å². The summed E-state index contributed by atoms with van der Waals surface area (Å²) in [5.41, 5.74) is 0.960. The van der Waals surface area contributed by atoms with Gasteiger partial charge in [0.2, 0.25) is 5.91 Å². The lowest BCUT2D eigenvalue weighted by Crippen LogP contribution is -2.49. The number of hydrogen-bond acceptors (Lipinski definition) is 3. The first-order valence-electron chi connectivity index (χ1n) is 9.81. The molecule has 29 heavy (non-hydrogen) atoms. The second-order valence-electron chi connectivity index (χ2n) is 6.84. The molecule has 0 aliphatic carbocycles. The summed E-state index contributed by atoms with van der Waals surface area (Å²) in [6.45, 7) is 4.33. The Morgan fingerprint density at radius 3 is 2.41 bits per heavy atom. The number of likely N-dealkylation sites (N-methyl/N-ethyl adjacent to an activating group) is 1. The maximum atomic E-state index is 13.0. The van der Waals surface area contributed by atoms with Crippen molar-refractivity contribution >= 4 is 22.6 Å². The van der Waals surface area contributed by atoms with Crippen LogP contribution >= 0.6 is 0 Å². The van der Waals surface area contributed by atoms with Crippen molar-refractivity contribution < 1.29 is 14.3 Å². The van der Waals surface area contributed by atoms with E-state index in [-0.39, 0.29) is 18.4 Å². The SMILES string of the molecule is CCNC(=O)[C@H](C)N(Cc1ccccc1)C(=O)COc1cccc2ccccc12. The van der Waals surface area contributed by atoms with E-state index in [1.165, 1.54) is 0 Å². The number of carbonyl (C=O) groups excluding carboxylic acids is 2. The van der Waals surface area contributed by atoms with Gasteiger partial charge in [0.25, 0.3) is 5.91 Å². The molecule has 0 aromatic heterocycles. The van der Waals surface area contributed by atoms with Crippen molar-refractivity contribution in [3.05, 3.63) is 78.4 Å². The van der Waals surface area contributed by atoms with Crippen LogP contribution in [0.4, 0.5) is 0 Å². The van der Waals surface area contributed by atoms with E-state index in [4.69, 9.17) is 4.74 Å². The minimum Gasteiger partial charge on any atom is -0.483 e. The van der Waals surface area contributed by atoms with Gasteiger partial charge in [-0.1, -0.05) is 66.7 Å². The highest BCUT2D eigenvalue weighted by Gasteiger charge is 2.26. The van der Waals surface area contributed by atoms with Gasteiger partial charge >= 0.3 is 0 Å².